The fraction of sp³-hybridized carbons (Fsp3) is 0.143. The van der Waals surface area contributed by atoms with E-state index in [1.807, 2.05) is 0 Å². The van der Waals surface area contributed by atoms with Crippen molar-refractivity contribution < 1.29 is 9.13 Å². The zero-order valence-corrected chi connectivity index (χ0v) is 11.5. The zero-order chi connectivity index (χ0) is 13.8. The predicted octanol–water partition coefficient (Wildman–Crippen LogP) is 4.17. The third-order valence-corrected chi connectivity index (χ3v) is 3.48. The normalized spacial score (nSPS) is 10.5. The highest BCUT2D eigenvalue weighted by atomic mass is 35.5. The van der Waals surface area contributed by atoms with Crippen LogP contribution in [-0.2, 0) is 13.2 Å². The SMILES string of the molecule is NCc1cccc(COc2cccc(Cl)c2Cl)c1F. The zero-order valence-electron chi connectivity index (χ0n) is 10.00. The minimum atomic E-state index is -0.344. The van der Waals surface area contributed by atoms with Crippen LogP contribution in [0.2, 0.25) is 10.0 Å². The Morgan fingerprint density at radius 2 is 1.74 bits per heavy atom. The molecule has 2 aromatic rings. The van der Waals surface area contributed by atoms with E-state index in [4.69, 9.17) is 33.7 Å². The van der Waals surface area contributed by atoms with E-state index in [1.165, 1.54) is 0 Å². The fourth-order valence-electron chi connectivity index (χ4n) is 1.65. The van der Waals surface area contributed by atoms with Crippen molar-refractivity contribution in [2.45, 2.75) is 13.2 Å². The Morgan fingerprint density at radius 1 is 1.05 bits per heavy atom. The molecule has 0 radical (unpaired) electrons. The first-order valence-corrected chi connectivity index (χ1v) is 6.42. The maximum Gasteiger partial charge on any atom is 0.139 e. The van der Waals surface area contributed by atoms with Crippen LogP contribution in [0.25, 0.3) is 0 Å². The third kappa shape index (κ3) is 3.18. The van der Waals surface area contributed by atoms with Gasteiger partial charge in [-0.25, -0.2) is 4.39 Å². The molecule has 2 rings (SSSR count). The molecule has 0 spiro atoms. The van der Waals surface area contributed by atoms with Gasteiger partial charge in [-0.3, -0.25) is 0 Å². The maximum atomic E-state index is 13.9. The highest BCUT2D eigenvalue weighted by Crippen LogP contribution is 2.32. The van der Waals surface area contributed by atoms with E-state index in [1.54, 1.807) is 36.4 Å². The molecule has 0 aliphatic carbocycles. The number of ether oxygens (including phenoxy) is 1. The van der Waals surface area contributed by atoms with Gasteiger partial charge in [0.25, 0.3) is 0 Å². The first-order chi connectivity index (χ1) is 9.13. The van der Waals surface area contributed by atoms with Crippen LogP contribution < -0.4 is 10.5 Å². The quantitative estimate of drug-likeness (QED) is 0.919. The number of hydrogen-bond donors (Lipinski definition) is 1. The van der Waals surface area contributed by atoms with Crippen molar-refractivity contribution in [1.82, 2.24) is 0 Å². The van der Waals surface area contributed by atoms with Crippen LogP contribution in [0.1, 0.15) is 11.1 Å². The molecule has 0 heterocycles. The predicted molar refractivity (Wildman–Crippen MR) is 75.1 cm³/mol. The topological polar surface area (TPSA) is 35.2 Å². The molecule has 0 unspecified atom stereocenters. The molecule has 100 valence electrons. The molecule has 5 heteroatoms. The highest BCUT2D eigenvalue weighted by molar-refractivity contribution is 6.42. The van der Waals surface area contributed by atoms with Crippen molar-refractivity contribution in [3.05, 3.63) is 63.4 Å². The van der Waals surface area contributed by atoms with Gasteiger partial charge < -0.3 is 10.5 Å². The molecule has 0 saturated carbocycles. The second-order valence-corrected chi connectivity index (χ2v) is 4.72. The molecule has 0 aliphatic rings. The van der Waals surface area contributed by atoms with Crippen LogP contribution in [0, 0.1) is 5.82 Å². The number of halogens is 3. The van der Waals surface area contributed by atoms with Crippen molar-refractivity contribution in [2.75, 3.05) is 0 Å². The first kappa shape index (κ1) is 14.1. The Kier molecular flexibility index (Phi) is 4.64. The Hall–Kier alpha value is -1.29. The minimum absolute atomic E-state index is 0.0692. The second kappa shape index (κ2) is 6.24. The molecule has 2 nitrogen and oxygen atoms in total. The van der Waals surface area contributed by atoms with Crippen molar-refractivity contribution in [3.8, 4) is 5.75 Å². The summed E-state index contributed by atoms with van der Waals surface area (Å²) in [5, 5.41) is 0.718. The van der Waals surface area contributed by atoms with Crippen molar-refractivity contribution in [1.29, 1.82) is 0 Å². The third-order valence-electron chi connectivity index (χ3n) is 2.68. The molecule has 19 heavy (non-hydrogen) atoms. The Morgan fingerprint density at radius 3 is 2.47 bits per heavy atom. The lowest BCUT2D eigenvalue weighted by atomic mass is 10.1. The molecule has 0 amide bonds. The number of hydrogen-bond acceptors (Lipinski definition) is 2. The molecule has 2 aromatic carbocycles. The van der Waals surface area contributed by atoms with Gasteiger partial charge in [-0.15, -0.1) is 0 Å². The summed E-state index contributed by atoms with van der Waals surface area (Å²) in [7, 11) is 0. The van der Waals surface area contributed by atoms with Gasteiger partial charge in [-0.05, 0) is 12.1 Å². The summed E-state index contributed by atoms with van der Waals surface area (Å²) in [6.07, 6.45) is 0. The van der Waals surface area contributed by atoms with E-state index in [2.05, 4.69) is 0 Å². The standard InChI is InChI=1S/C14H12Cl2FNO/c15-11-5-2-6-12(13(11)16)19-8-10-4-1-3-9(7-18)14(10)17/h1-6H,7-8,18H2. The van der Waals surface area contributed by atoms with Crippen LogP contribution in [0.3, 0.4) is 0 Å². The summed E-state index contributed by atoms with van der Waals surface area (Å²) in [5.74, 6) is 0.0786. The molecular formula is C14H12Cl2FNO. The molecule has 0 aliphatic heterocycles. The average molecular weight is 300 g/mol. The van der Waals surface area contributed by atoms with Gasteiger partial charge in [0.2, 0.25) is 0 Å². The summed E-state index contributed by atoms with van der Waals surface area (Å²) in [6, 6.07) is 10.1. The van der Waals surface area contributed by atoms with Crippen molar-refractivity contribution in [3.63, 3.8) is 0 Å². The van der Waals surface area contributed by atoms with Crippen LogP contribution >= 0.6 is 23.2 Å². The second-order valence-electron chi connectivity index (χ2n) is 3.93. The molecule has 0 aromatic heterocycles. The fourth-order valence-corrected chi connectivity index (χ4v) is 2.00. The van der Waals surface area contributed by atoms with Gasteiger partial charge in [-0.1, -0.05) is 47.5 Å². The van der Waals surface area contributed by atoms with Crippen LogP contribution in [0.15, 0.2) is 36.4 Å². The summed E-state index contributed by atoms with van der Waals surface area (Å²) in [6.45, 7) is 0.220. The van der Waals surface area contributed by atoms with Gasteiger partial charge in [0.05, 0.1) is 5.02 Å². The van der Waals surface area contributed by atoms with E-state index >= 15 is 0 Å². The van der Waals surface area contributed by atoms with Gasteiger partial charge in [0.15, 0.2) is 0 Å². The molecular weight excluding hydrogens is 288 g/mol. The lowest BCUT2D eigenvalue weighted by Crippen LogP contribution is -2.05. The molecule has 0 atom stereocenters. The van der Waals surface area contributed by atoms with E-state index in [9.17, 15) is 4.39 Å². The van der Waals surface area contributed by atoms with Crippen LogP contribution in [-0.4, -0.2) is 0 Å². The summed E-state index contributed by atoms with van der Waals surface area (Å²) < 4.78 is 19.4. The molecule has 0 fully saturated rings. The highest BCUT2D eigenvalue weighted by Gasteiger charge is 2.09. The van der Waals surface area contributed by atoms with E-state index in [0.29, 0.717) is 26.9 Å². The van der Waals surface area contributed by atoms with Crippen molar-refractivity contribution in [2.24, 2.45) is 5.73 Å². The van der Waals surface area contributed by atoms with E-state index < -0.39 is 0 Å². The van der Waals surface area contributed by atoms with Gasteiger partial charge >= 0.3 is 0 Å². The lowest BCUT2D eigenvalue weighted by Gasteiger charge is -2.10. The van der Waals surface area contributed by atoms with Crippen LogP contribution in [0.4, 0.5) is 4.39 Å². The van der Waals surface area contributed by atoms with Crippen molar-refractivity contribution >= 4 is 23.2 Å². The largest absolute Gasteiger partial charge is 0.487 e. The monoisotopic (exact) mass is 299 g/mol. The molecule has 2 N–H and O–H groups in total. The number of nitrogens with two attached hydrogens (primary N) is 1. The average Bonchev–Trinajstić information content (AvgIpc) is 2.42. The lowest BCUT2D eigenvalue weighted by molar-refractivity contribution is 0.299. The molecule has 0 bridgehead atoms. The Bertz CT molecular complexity index is 590. The summed E-state index contributed by atoms with van der Waals surface area (Å²) >= 11 is 11.9. The minimum Gasteiger partial charge on any atom is -0.487 e. The first-order valence-electron chi connectivity index (χ1n) is 5.66. The number of rotatable bonds is 4. The maximum absolute atomic E-state index is 13.9. The Labute approximate surface area is 120 Å². The molecule has 0 saturated heterocycles. The van der Waals surface area contributed by atoms with Gasteiger partial charge in [-0.2, -0.15) is 0 Å². The van der Waals surface area contributed by atoms with E-state index in [0.717, 1.165) is 0 Å². The Balaban J connectivity index is 2.17. The number of benzene rings is 2. The van der Waals surface area contributed by atoms with E-state index in [-0.39, 0.29) is 19.0 Å². The van der Waals surface area contributed by atoms with Gasteiger partial charge in [0, 0.05) is 17.7 Å². The smallest absolute Gasteiger partial charge is 0.139 e. The summed E-state index contributed by atoms with van der Waals surface area (Å²) in [4.78, 5) is 0. The van der Waals surface area contributed by atoms with Crippen LogP contribution in [0.5, 0.6) is 5.75 Å². The van der Waals surface area contributed by atoms with Gasteiger partial charge in [0.1, 0.15) is 23.2 Å². The summed E-state index contributed by atoms with van der Waals surface area (Å²) in [5.41, 5.74) is 6.34.